The fourth-order valence-electron chi connectivity index (χ4n) is 2.34. The number of nitrogen functional groups attached to an aromatic ring is 1. The second-order valence-electron chi connectivity index (χ2n) is 4.87. The summed E-state index contributed by atoms with van der Waals surface area (Å²) in [7, 11) is 1.71. The Hall–Kier alpha value is -1.49. The van der Waals surface area contributed by atoms with E-state index in [1.807, 2.05) is 11.5 Å². The minimum Gasteiger partial charge on any atom is -0.397 e. The summed E-state index contributed by atoms with van der Waals surface area (Å²) in [6, 6.07) is 1.71. The molecule has 0 atom stereocenters. The number of aromatic nitrogens is 1. The topological polar surface area (TPSA) is 69.3 Å². The van der Waals surface area contributed by atoms with Crippen molar-refractivity contribution in [3.05, 3.63) is 18.0 Å². The van der Waals surface area contributed by atoms with E-state index in [1.165, 1.54) is 6.42 Å². The van der Waals surface area contributed by atoms with Crippen LogP contribution in [0.25, 0.3) is 0 Å². The molecule has 0 unspecified atom stereocenters. The molecule has 100 valence electrons. The molecule has 1 fully saturated rings. The van der Waals surface area contributed by atoms with E-state index in [-0.39, 0.29) is 11.5 Å². The molecule has 1 heterocycles. The standard InChI is InChI=1S/C13H21N3O2/c1-3-16-8-10(14)7-11(16)12(17)15-9-13(18-2)5-4-6-13/h7-8H,3-6,9,14H2,1-2H3,(H,15,17). The van der Waals surface area contributed by atoms with Gasteiger partial charge in [-0.1, -0.05) is 0 Å². The molecule has 1 saturated carbocycles. The Balaban J connectivity index is 1.99. The first kappa shape index (κ1) is 13.0. The number of hydrogen-bond donors (Lipinski definition) is 2. The number of amides is 1. The van der Waals surface area contributed by atoms with Gasteiger partial charge < -0.3 is 20.4 Å². The average Bonchev–Trinajstić information content (AvgIpc) is 2.69. The summed E-state index contributed by atoms with van der Waals surface area (Å²) in [5, 5.41) is 2.94. The summed E-state index contributed by atoms with van der Waals surface area (Å²) in [4.78, 5) is 12.1. The average molecular weight is 251 g/mol. The molecule has 5 heteroatoms. The molecule has 0 spiro atoms. The highest BCUT2D eigenvalue weighted by Gasteiger charge is 2.37. The third kappa shape index (κ3) is 2.36. The van der Waals surface area contributed by atoms with Crippen LogP contribution in [0.1, 0.15) is 36.7 Å². The van der Waals surface area contributed by atoms with E-state index in [9.17, 15) is 4.79 Å². The fourth-order valence-corrected chi connectivity index (χ4v) is 2.34. The number of nitrogens with two attached hydrogens (primary N) is 1. The van der Waals surface area contributed by atoms with Crippen LogP contribution in [-0.2, 0) is 11.3 Å². The SMILES string of the molecule is CCn1cc(N)cc1C(=O)NCC1(OC)CCC1. The lowest BCUT2D eigenvalue weighted by Gasteiger charge is -2.40. The lowest BCUT2D eigenvalue weighted by Crippen LogP contribution is -2.49. The maximum Gasteiger partial charge on any atom is 0.268 e. The highest BCUT2D eigenvalue weighted by atomic mass is 16.5. The highest BCUT2D eigenvalue weighted by Crippen LogP contribution is 2.34. The lowest BCUT2D eigenvalue weighted by molar-refractivity contribution is -0.0679. The van der Waals surface area contributed by atoms with E-state index in [4.69, 9.17) is 10.5 Å². The van der Waals surface area contributed by atoms with Gasteiger partial charge >= 0.3 is 0 Å². The zero-order valence-corrected chi connectivity index (χ0v) is 11.0. The minimum absolute atomic E-state index is 0.0862. The molecule has 1 aliphatic carbocycles. The maximum absolute atomic E-state index is 12.1. The minimum atomic E-state index is -0.148. The van der Waals surface area contributed by atoms with Crippen LogP contribution in [0.5, 0.6) is 0 Å². The molecule has 0 radical (unpaired) electrons. The first-order valence-corrected chi connectivity index (χ1v) is 6.39. The van der Waals surface area contributed by atoms with Gasteiger partial charge in [-0.25, -0.2) is 0 Å². The quantitative estimate of drug-likeness (QED) is 0.831. The van der Waals surface area contributed by atoms with Crippen molar-refractivity contribution in [3.63, 3.8) is 0 Å². The van der Waals surface area contributed by atoms with Gasteiger partial charge in [-0.15, -0.1) is 0 Å². The molecule has 3 N–H and O–H groups in total. The number of carbonyl (C=O) groups is 1. The zero-order chi connectivity index (χ0) is 13.2. The third-order valence-corrected chi connectivity index (χ3v) is 3.76. The van der Waals surface area contributed by atoms with Crippen LogP contribution in [0, 0.1) is 0 Å². The largest absolute Gasteiger partial charge is 0.397 e. The number of hydrogen-bond acceptors (Lipinski definition) is 3. The van der Waals surface area contributed by atoms with Crippen molar-refractivity contribution in [2.75, 3.05) is 19.4 Å². The molecular formula is C13H21N3O2. The van der Waals surface area contributed by atoms with Crippen LogP contribution in [0.4, 0.5) is 5.69 Å². The van der Waals surface area contributed by atoms with E-state index in [0.29, 0.717) is 17.9 Å². The lowest BCUT2D eigenvalue weighted by atomic mass is 9.80. The van der Waals surface area contributed by atoms with Gasteiger partial charge in [0.1, 0.15) is 5.69 Å². The fraction of sp³-hybridized carbons (Fsp3) is 0.615. The van der Waals surface area contributed by atoms with Gasteiger partial charge in [0.2, 0.25) is 0 Å². The van der Waals surface area contributed by atoms with E-state index < -0.39 is 0 Å². The zero-order valence-electron chi connectivity index (χ0n) is 11.0. The summed E-state index contributed by atoms with van der Waals surface area (Å²) in [6.07, 6.45) is 4.98. The number of nitrogens with one attached hydrogen (secondary N) is 1. The summed E-state index contributed by atoms with van der Waals surface area (Å²) in [5.74, 6) is -0.0862. The molecule has 5 nitrogen and oxygen atoms in total. The third-order valence-electron chi connectivity index (χ3n) is 3.76. The maximum atomic E-state index is 12.1. The van der Waals surface area contributed by atoms with Crippen LogP contribution < -0.4 is 11.1 Å². The summed E-state index contributed by atoms with van der Waals surface area (Å²) in [5.41, 5.74) is 6.79. The van der Waals surface area contributed by atoms with Crippen LogP contribution >= 0.6 is 0 Å². The molecule has 18 heavy (non-hydrogen) atoms. The summed E-state index contributed by atoms with van der Waals surface area (Å²) >= 11 is 0. The van der Waals surface area contributed by atoms with Gasteiger partial charge in [0.15, 0.2) is 0 Å². The Morgan fingerprint density at radius 2 is 2.33 bits per heavy atom. The number of rotatable bonds is 5. The Morgan fingerprint density at radius 1 is 1.61 bits per heavy atom. The first-order chi connectivity index (χ1) is 8.60. The van der Waals surface area contributed by atoms with Crippen LogP contribution in [0.3, 0.4) is 0 Å². The van der Waals surface area contributed by atoms with Crippen molar-refractivity contribution in [3.8, 4) is 0 Å². The predicted molar refractivity (Wildman–Crippen MR) is 70.4 cm³/mol. The number of ether oxygens (including phenoxy) is 1. The van der Waals surface area contributed by atoms with Crippen molar-refractivity contribution >= 4 is 11.6 Å². The Kier molecular flexibility index (Phi) is 3.61. The normalized spacial score (nSPS) is 17.2. The van der Waals surface area contributed by atoms with Gasteiger partial charge in [0.05, 0.1) is 11.3 Å². The van der Waals surface area contributed by atoms with Crippen LogP contribution in [-0.4, -0.2) is 29.7 Å². The van der Waals surface area contributed by atoms with Gasteiger partial charge in [-0.2, -0.15) is 0 Å². The molecule has 2 rings (SSSR count). The molecule has 1 aliphatic rings. The Morgan fingerprint density at radius 3 is 2.83 bits per heavy atom. The van der Waals surface area contributed by atoms with Crippen molar-refractivity contribution in [2.24, 2.45) is 0 Å². The van der Waals surface area contributed by atoms with Crippen molar-refractivity contribution < 1.29 is 9.53 Å². The van der Waals surface area contributed by atoms with Gasteiger partial charge in [-0.05, 0) is 32.3 Å². The monoisotopic (exact) mass is 251 g/mol. The second-order valence-corrected chi connectivity index (χ2v) is 4.87. The number of nitrogens with zero attached hydrogens (tertiary/aromatic N) is 1. The molecule has 1 aromatic heterocycles. The second kappa shape index (κ2) is 5.02. The smallest absolute Gasteiger partial charge is 0.268 e. The van der Waals surface area contributed by atoms with Crippen molar-refractivity contribution in [1.82, 2.24) is 9.88 Å². The van der Waals surface area contributed by atoms with Crippen LogP contribution in [0.15, 0.2) is 12.3 Å². The van der Waals surface area contributed by atoms with Crippen LogP contribution in [0.2, 0.25) is 0 Å². The van der Waals surface area contributed by atoms with Gasteiger partial charge in [0.25, 0.3) is 5.91 Å². The Labute approximate surface area is 107 Å². The van der Waals surface area contributed by atoms with Crippen molar-refractivity contribution in [2.45, 2.75) is 38.3 Å². The van der Waals surface area contributed by atoms with E-state index in [2.05, 4.69) is 5.32 Å². The highest BCUT2D eigenvalue weighted by molar-refractivity contribution is 5.93. The Bertz CT molecular complexity index is 430. The number of methoxy groups -OCH3 is 1. The van der Waals surface area contributed by atoms with Gasteiger partial charge in [0, 0.05) is 26.4 Å². The van der Waals surface area contributed by atoms with Crippen molar-refractivity contribution in [1.29, 1.82) is 0 Å². The molecule has 1 aromatic rings. The molecule has 0 aromatic carbocycles. The molecular weight excluding hydrogens is 230 g/mol. The van der Waals surface area contributed by atoms with Gasteiger partial charge in [-0.3, -0.25) is 4.79 Å². The van der Waals surface area contributed by atoms with E-state index >= 15 is 0 Å². The predicted octanol–water partition coefficient (Wildman–Crippen LogP) is 1.39. The molecule has 0 saturated heterocycles. The first-order valence-electron chi connectivity index (χ1n) is 6.39. The van der Waals surface area contributed by atoms with E-state index in [1.54, 1.807) is 19.4 Å². The number of carbonyl (C=O) groups excluding carboxylic acids is 1. The summed E-state index contributed by atoms with van der Waals surface area (Å²) in [6.45, 7) is 3.28. The number of aryl methyl sites for hydroxylation is 1. The molecule has 0 aliphatic heterocycles. The molecule has 1 amide bonds. The summed E-state index contributed by atoms with van der Waals surface area (Å²) < 4.78 is 7.33. The number of anilines is 1. The van der Waals surface area contributed by atoms with E-state index in [0.717, 1.165) is 19.4 Å². The molecule has 0 bridgehead atoms.